The largest absolute Gasteiger partial charge is 0.355 e. The first-order chi connectivity index (χ1) is 15.5. The van der Waals surface area contributed by atoms with Crippen molar-refractivity contribution >= 4 is 32.4 Å². The molecule has 2 aliphatic heterocycles. The van der Waals surface area contributed by atoms with E-state index >= 15 is 0 Å². The average Bonchev–Trinajstić information content (AvgIpc) is 2.84. The SMILES string of the molecule is CC1CCN(c2ccc(N3CCN(S(=O)(=O)c4ccc5ccccc5c4)CC3)nn2)CC1. The number of hydrogen-bond acceptors (Lipinski definition) is 6. The Bertz CT molecular complexity index is 1180. The van der Waals surface area contributed by atoms with Crippen molar-refractivity contribution in [3.63, 3.8) is 0 Å². The summed E-state index contributed by atoms with van der Waals surface area (Å²) in [5.41, 5.74) is 0. The molecule has 0 saturated carbocycles. The highest BCUT2D eigenvalue weighted by Crippen LogP contribution is 2.25. The van der Waals surface area contributed by atoms with Crippen molar-refractivity contribution in [1.82, 2.24) is 14.5 Å². The first-order valence-electron chi connectivity index (χ1n) is 11.3. The van der Waals surface area contributed by atoms with E-state index < -0.39 is 10.0 Å². The Labute approximate surface area is 189 Å². The van der Waals surface area contributed by atoms with Crippen LogP contribution in [0.1, 0.15) is 19.8 Å². The zero-order chi connectivity index (χ0) is 22.1. The van der Waals surface area contributed by atoms with Crippen LogP contribution in [0.15, 0.2) is 59.5 Å². The molecule has 7 nitrogen and oxygen atoms in total. The predicted octanol–water partition coefficient (Wildman–Crippen LogP) is 3.38. The summed E-state index contributed by atoms with van der Waals surface area (Å²) < 4.78 is 28.0. The lowest BCUT2D eigenvalue weighted by atomic mass is 9.99. The second kappa shape index (κ2) is 8.67. The number of piperidine rings is 1. The number of rotatable bonds is 4. The van der Waals surface area contributed by atoms with Crippen LogP contribution >= 0.6 is 0 Å². The second-order valence-electron chi connectivity index (χ2n) is 8.82. The molecule has 3 heterocycles. The van der Waals surface area contributed by atoms with Gasteiger partial charge in [0.05, 0.1) is 4.90 Å². The van der Waals surface area contributed by atoms with Crippen molar-refractivity contribution in [2.24, 2.45) is 5.92 Å². The van der Waals surface area contributed by atoms with E-state index in [1.165, 1.54) is 12.8 Å². The van der Waals surface area contributed by atoms with Gasteiger partial charge in [-0.05, 0) is 53.8 Å². The molecule has 0 spiro atoms. The van der Waals surface area contributed by atoms with Crippen LogP contribution in [0.4, 0.5) is 11.6 Å². The highest BCUT2D eigenvalue weighted by atomic mass is 32.2. The Balaban J connectivity index is 1.24. The van der Waals surface area contributed by atoms with Crippen molar-refractivity contribution in [3.8, 4) is 0 Å². The molecule has 2 aliphatic rings. The second-order valence-corrected chi connectivity index (χ2v) is 10.8. The molecule has 0 unspecified atom stereocenters. The molecule has 0 atom stereocenters. The summed E-state index contributed by atoms with van der Waals surface area (Å²) in [6, 6.07) is 17.2. The Kier molecular flexibility index (Phi) is 5.73. The summed E-state index contributed by atoms with van der Waals surface area (Å²) in [5.74, 6) is 2.51. The predicted molar refractivity (Wildman–Crippen MR) is 128 cm³/mol. The van der Waals surface area contributed by atoms with Gasteiger partial charge in [0.2, 0.25) is 10.0 Å². The number of piperazine rings is 1. The van der Waals surface area contributed by atoms with E-state index in [4.69, 9.17) is 0 Å². The summed E-state index contributed by atoms with van der Waals surface area (Å²) in [4.78, 5) is 4.76. The van der Waals surface area contributed by atoms with E-state index in [2.05, 4.69) is 26.9 Å². The van der Waals surface area contributed by atoms with Crippen LogP contribution in [0.25, 0.3) is 10.8 Å². The molecule has 2 saturated heterocycles. The van der Waals surface area contributed by atoms with Gasteiger partial charge in [0.15, 0.2) is 11.6 Å². The summed E-state index contributed by atoms with van der Waals surface area (Å²) >= 11 is 0. The van der Waals surface area contributed by atoms with Crippen molar-refractivity contribution in [3.05, 3.63) is 54.6 Å². The topological polar surface area (TPSA) is 69.6 Å². The van der Waals surface area contributed by atoms with Gasteiger partial charge in [-0.3, -0.25) is 0 Å². The van der Waals surface area contributed by atoms with Crippen LogP contribution in [0.3, 0.4) is 0 Å². The third-order valence-corrected chi connectivity index (χ3v) is 8.56. The highest BCUT2D eigenvalue weighted by Gasteiger charge is 2.29. The van der Waals surface area contributed by atoms with Gasteiger partial charge in [0.25, 0.3) is 0 Å². The number of anilines is 2. The quantitative estimate of drug-likeness (QED) is 0.606. The fraction of sp³-hybridized carbons (Fsp3) is 0.417. The number of nitrogens with zero attached hydrogens (tertiary/aromatic N) is 5. The zero-order valence-corrected chi connectivity index (χ0v) is 19.2. The highest BCUT2D eigenvalue weighted by molar-refractivity contribution is 7.89. The maximum Gasteiger partial charge on any atom is 0.243 e. The number of aromatic nitrogens is 2. The van der Waals surface area contributed by atoms with E-state index in [0.29, 0.717) is 31.1 Å². The molecule has 5 rings (SSSR count). The number of sulfonamides is 1. The van der Waals surface area contributed by atoms with Crippen LogP contribution in [-0.4, -0.2) is 62.2 Å². The van der Waals surface area contributed by atoms with Gasteiger partial charge in [-0.25, -0.2) is 8.42 Å². The molecule has 2 fully saturated rings. The zero-order valence-electron chi connectivity index (χ0n) is 18.4. The van der Waals surface area contributed by atoms with Crippen molar-refractivity contribution in [1.29, 1.82) is 0 Å². The van der Waals surface area contributed by atoms with Crippen LogP contribution in [0.5, 0.6) is 0 Å². The monoisotopic (exact) mass is 451 g/mol. The summed E-state index contributed by atoms with van der Waals surface area (Å²) in [6.07, 6.45) is 2.38. The Morgan fingerprint density at radius 1 is 0.750 bits per heavy atom. The van der Waals surface area contributed by atoms with E-state index in [9.17, 15) is 8.42 Å². The summed E-state index contributed by atoms with van der Waals surface area (Å²) in [5, 5.41) is 10.9. The molecule has 1 aromatic heterocycles. The minimum atomic E-state index is -3.52. The third kappa shape index (κ3) is 4.17. The summed E-state index contributed by atoms with van der Waals surface area (Å²) in [7, 11) is -3.52. The van der Waals surface area contributed by atoms with E-state index in [1.54, 1.807) is 16.4 Å². The van der Waals surface area contributed by atoms with Crippen LogP contribution in [0.2, 0.25) is 0 Å². The molecule has 2 aromatic carbocycles. The molecular weight excluding hydrogens is 422 g/mol. The maximum absolute atomic E-state index is 13.2. The maximum atomic E-state index is 13.2. The molecular formula is C24H29N5O2S. The third-order valence-electron chi connectivity index (χ3n) is 6.67. The number of benzene rings is 2. The molecule has 0 N–H and O–H groups in total. The average molecular weight is 452 g/mol. The molecule has 0 amide bonds. The van der Waals surface area contributed by atoms with Crippen LogP contribution in [-0.2, 0) is 10.0 Å². The molecule has 32 heavy (non-hydrogen) atoms. The van der Waals surface area contributed by atoms with Gasteiger partial charge in [-0.1, -0.05) is 37.3 Å². The summed E-state index contributed by atoms with van der Waals surface area (Å²) in [6.45, 7) is 6.42. The molecule has 0 aliphatic carbocycles. The minimum Gasteiger partial charge on any atom is -0.355 e. The van der Waals surface area contributed by atoms with E-state index in [1.807, 2.05) is 42.5 Å². The standard InChI is InChI=1S/C24H29N5O2S/c1-19-10-12-27(13-11-19)23-8-9-24(26-25-23)28-14-16-29(17-15-28)32(30,31)22-7-6-20-4-2-3-5-21(20)18-22/h2-9,18-19H,10-17H2,1H3. The van der Waals surface area contributed by atoms with Gasteiger partial charge >= 0.3 is 0 Å². The van der Waals surface area contributed by atoms with Gasteiger partial charge in [0, 0.05) is 39.3 Å². The van der Waals surface area contributed by atoms with E-state index in [-0.39, 0.29) is 0 Å². The Morgan fingerprint density at radius 2 is 1.34 bits per heavy atom. The molecule has 8 heteroatoms. The van der Waals surface area contributed by atoms with Crippen molar-refractivity contribution in [2.75, 3.05) is 49.1 Å². The normalized spacial score (nSPS) is 18.9. The Morgan fingerprint density at radius 3 is 1.97 bits per heavy atom. The smallest absolute Gasteiger partial charge is 0.243 e. The van der Waals surface area contributed by atoms with Gasteiger partial charge in [0.1, 0.15) is 0 Å². The molecule has 3 aromatic rings. The Hall–Kier alpha value is -2.71. The number of hydrogen-bond donors (Lipinski definition) is 0. The van der Waals surface area contributed by atoms with Gasteiger partial charge < -0.3 is 9.80 Å². The molecule has 0 radical (unpaired) electrons. The molecule has 0 bridgehead atoms. The first kappa shape index (κ1) is 21.2. The lowest BCUT2D eigenvalue weighted by Gasteiger charge is -2.35. The van der Waals surface area contributed by atoms with Crippen molar-refractivity contribution in [2.45, 2.75) is 24.7 Å². The van der Waals surface area contributed by atoms with Crippen LogP contribution < -0.4 is 9.80 Å². The fourth-order valence-electron chi connectivity index (χ4n) is 4.53. The lowest BCUT2D eigenvalue weighted by Crippen LogP contribution is -2.49. The van der Waals surface area contributed by atoms with Gasteiger partial charge in [-0.2, -0.15) is 4.31 Å². The van der Waals surface area contributed by atoms with Crippen molar-refractivity contribution < 1.29 is 8.42 Å². The minimum absolute atomic E-state index is 0.352. The van der Waals surface area contributed by atoms with Crippen LogP contribution in [0, 0.1) is 5.92 Å². The van der Waals surface area contributed by atoms with E-state index in [0.717, 1.165) is 41.4 Å². The van der Waals surface area contributed by atoms with Gasteiger partial charge in [-0.15, -0.1) is 10.2 Å². The lowest BCUT2D eigenvalue weighted by molar-refractivity contribution is 0.383. The fourth-order valence-corrected chi connectivity index (χ4v) is 5.99. The first-order valence-corrected chi connectivity index (χ1v) is 12.8. The number of fused-ring (bicyclic) bond motifs is 1. The molecule has 168 valence electrons.